The number of rotatable bonds is 10. The molecule has 0 saturated carbocycles. The smallest absolute Gasteiger partial charge is 0.359 e. The largest absolute Gasteiger partial charge is 0.375 e. The molecule has 2 aromatic rings. The van der Waals surface area contributed by atoms with Crippen molar-refractivity contribution in [1.29, 1.82) is 0 Å². The normalized spacial score (nSPS) is 13.7. The Morgan fingerprint density at radius 1 is 1.00 bits per heavy atom. The van der Waals surface area contributed by atoms with Crippen LogP contribution in [0.3, 0.4) is 0 Å². The number of imide groups is 1. The molecule has 0 bridgehead atoms. The zero-order valence-electron chi connectivity index (χ0n) is 15.2. The van der Waals surface area contributed by atoms with Crippen LogP contribution in [0.15, 0.2) is 40.7 Å². The summed E-state index contributed by atoms with van der Waals surface area (Å²) in [5.74, 6) is 0. The van der Waals surface area contributed by atoms with Crippen LogP contribution in [0.4, 0.5) is 15.3 Å². The molecular weight excluding hydrogens is 348 g/mol. The van der Waals surface area contributed by atoms with Gasteiger partial charge in [0.25, 0.3) is 0 Å². The molecule has 0 saturated heterocycles. The number of anilines is 1. The number of hydrogen-bond donors (Lipinski definition) is 0. The van der Waals surface area contributed by atoms with Crippen molar-refractivity contribution in [2.75, 3.05) is 11.5 Å². The highest BCUT2D eigenvalue weighted by Crippen LogP contribution is 2.21. The Kier molecular flexibility index (Phi) is 6.37. The second-order valence-electron chi connectivity index (χ2n) is 6.26. The fraction of sp³-hybridized carbons (Fsp3) is 0.444. The predicted molar refractivity (Wildman–Crippen MR) is 97.5 cm³/mol. The van der Waals surface area contributed by atoms with Crippen molar-refractivity contribution in [3.05, 3.63) is 41.7 Å². The summed E-state index contributed by atoms with van der Waals surface area (Å²) in [5, 5.41) is 14.7. The Morgan fingerprint density at radius 2 is 1.74 bits per heavy atom. The van der Waals surface area contributed by atoms with Crippen molar-refractivity contribution >= 4 is 17.7 Å². The number of carbonyl (C=O) groups excluding carboxylic acids is 2. The zero-order chi connectivity index (χ0) is 19.1. The van der Waals surface area contributed by atoms with E-state index in [2.05, 4.69) is 27.5 Å². The minimum atomic E-state index is -0.660. The van der Waals surface area contributed by atoms with Gasteiger partial charge in [0, 0.05) is 6.61 Å². The molecule has 1 aromatic heterocycles. The predicted octanol–water partition coefficient (Wildman–Crippen LogP) is 3.74. The summed E-state index contributed by atoms with van der Waals surface area (Å²) in [5.41, 5.74) is 2.56. The number of unbranched alkanes of at least 4 members (excludes halogenated alkanes) is 1. The maximum absolute atomic E-state index is 11.5. The molecule has 142 valence electrons. The molecule has 9 heteroatoms. The average molecular weight is 370 g/mol. The van der Waals surface area contributed by atoms with Crippen LogP contribution in [-0.2, 0) is 24.3 Å². The van der Waals surface area contributed by atoms with Gasteiger partial charge in [-0.3, -0.25) is 0 Å². The van der Waals surface area contributed by atoms with Crippen molar-refractivity contribution in [3.8, 4) is 0 Å². The van der Waals surface area contributed by atoms with E-state index in [4.69, 9.17) is 4.74 Å². The molecule has 0 unspecified atom stereocenters. The summed E-state index contributed by atoms with van der Waals surface area (Å²) < 4.78 is 7.34. The quantitative estimate of drug-likeness (QED) is 0.593. The number of aryl methyl sites for hydroxylation is 2. The number of azo groups is 1. The lowest BCUT2D eigenvalue weighted by Gasteiger charge is -2.11. The third-order valence-electron chi connectivity index (χ3n) is 4.15. The molecule has 1 aromatic carbocycles. The molecule has 0 N–H and O–H groups in total. The van der Waals surface area contributed by atoms with Crippen molar-refractivity contribution in [3.63, 3.8) is 0 Å². The SMILES string of the molecule is CCCCc1cn(COCCCc2ccc(N3C(=O)N=NC3=O)cc2)nn1. The number of urea groups is 2. The molecule has 27 heavy (non-hydrogen) atoms. The summed E-state index contributed by atoms with van der Waals surface area (Å²) in [4.78, 5) is 23.9. The van der Waals surface area contributed by atoms with Gasteiger partial charge in [-0.05, 0) is 43.4 Å². The van der Waals surface area contributed by atoms with Crippen molar-refractivity contribution < 1.29 is 14.3 Å². The number of hydrogen-bond acceptors (Lipinski definition) is 5. The van der Waals surface area contributed by atoms with Crippen LogP contribution in [0.5, 0.6) is 0 Å². The monoisotopic (exact) mass is 370 g/mol. The zero-order valence-corrected chi connectivity index (χ0v) is 15.2. The summed E-state index contributed by atoms with van der Waals surface area (Å²) in [6, 6.07) is 5.88. The fourth-order valence-corrected chi connectivity index (χ4v) is 2.70. The number of ether oxygens (including phenoxy) is 1. The van der Waals surface area contributed by atoms with E-state index in [-0.39, 0.29) is 0 Å². The lowest BCUT2D eigenvalue weighted by Crippen LogP contribution is -2.27. The summed E-state index contributed by atoms with van der Waals surface area (Å²) in [6.07, 6.45) is 6.80. The minimum absolute atomic E-state index is 0.393. The van der Waals surface area contributed by atoms with Gasteiger partial charge in [0.05, 0.1) is 17.6 Å². The van der Waals surface area contributed by atoms with Gasteiger partial charge in [0.15, 0.2) is 0 Å². The Labute approximate surface area is 157 Å². The molecule has 0 atom stereocenters. The van der Waals surface area contributed by atoms with Crippen LogP contribution in [-0.4, -0.2) is 33.7 Å². The van der Waals surface area contributed by atoms with E-state index in [9.17, 15) is 9.59 Å². The summed E-state index contributed by atoms with van der Waals surface area (Å²) in [7, 11) is 0. The third-order valence-corrected chi connectivity index (χ3v) is 4.15. The van der Waals surface area contributed by atoms with Crippen LogP contribution in [0.2, 0.25) is 0 Å². The second-order valence-corrected chi connectivity index (χ2v) is 6.26. The lowest BCUT2D eigenvalue weighted by atomic mass is 10.1. The standard InChI is InChI=1S/C18H22N6O3/c1-2-3-6-15-12-23(22-19-15)13-27-11-4-5-14-7-9-16(10-8-14)24-17(25)20-21-18(24)26/h7-10,12H,2-6,11,13H2,1H3. The number of carbonyl (C=O) groups is 2. The molecule has 0 radical (unpaired) electrons. The molecule has 9 nitrogen and oxygen atoms in total. The van der Waals surface area contributed by atoms with E-state index in [1.165, 1.54) is 0 Å². The Hall–Kier alpha value is -2.94. The van der Waals surface area contributed by atoms with E-state index < -0.39 is 12.1 Å². The molecule has 0 spiro atoms. The maximum atomic E-state index is 11.5. The first-order chi connectivity index (χ1) is 13.2. The molecule has 1 aliphatic heterocycles. The van der Waals surface area contributed by atoms with Gasteiger partial charge >= 0.3 is 12.1 Å². The van der Waals surface area contributed by atoms with Crippen molar-refractivity contribution in [2.45, 2.75) is 45.8 Å². The highest BCUT2D eigenvalue weighted by molar-refractivity contribution is 6.17. The van der Waals surface area contributed by atoms with Gasteiger partial charge in [0.1, 0.15) is 6.73 Å². The van der Waals surface area contributed by atoms with Crippen LogP contribution in [0.1, 0.15) is 37.4 Å². The molecule has 3 rings (SSSR count). The first kappa shape index (κ1) is 18.8. The highest BCUT2D eigenvalue weighted by atomic mass is 16.5. The first-order valence-corrected chi connectivity index (χ1v) is 9.03. The minimum Gasteiger partial charge on any atom is -0.359 e. The van der Waals surface area contributed by atoms with Gasteiger partial charge < -0.3 is 4.74 Å². The number of amides is 4. The Balaban J connectivity index is 1.37. The van der Waals surface area contributed by atoms with Crippen LogP contribution < -0.4 is 4.90 Å². The van der Waals surface area contributed by atoms with E-state index in [0.29, 0.717) is 19.0 Å². The van der Waals surface area contributed by atoms with Gasteiger partial charge in [-0.15, -0.1) is 5.10 Å². The van der Waals surface area contributed by atoms with E-state index in [1.54, 1.807) is 16.8 Å². The fourth-order valence-electron chi connectivity index (χ4n) is 2.70. The molecule has 4 amide bonds. The number of benzene rings is 1. The summed E-state index contributed by atoms with van der Waals surface area (Å²) in [6.45, 7) is 3.15. The van der Waals surface area contributed by atoms with Gasteiger partial charge in [0.2, 0.25) is 0 Å². The van der Waals surface area contributed by atoms with Crippen LogP contribution >= 0.6 is 0 Å². The topological polar surface area (TPSA) is 102 Å². The molecular formula is C18H22N6O3. The van der Waals surface area contributed by atoms with E-state index >= 15 is 0 Å². The van der Waals surface area contributed by atoms with Gasteiger partial charge in [-0.2, -0.15) is 0 Å². The Morgan fingerprint density at radius 3 is 2.44 bits per heavy atom. The van der Waals surface area contributed by atoms with Gasteiger partial charge in [-0.1, -0.05) is 40.9 Å². The summed E-state index contributed by atoms with van der Waals surface area (Å²) >= 11 is 0. The molecule has 1 aliphatic rings. The average Bonchev–Trinajstić information content (AvgIpc) is 3.26. The maximum Gasteiger partial charge on any atom is 0.375 e. The number of nitrogens with zero attached hydrogens (tertiary/aromatic N) is 6. The first-order valence-electron chi connectivity index (χ1n) is 9.03. The third kappa shape index (κ3) is 5.04. The molecule has 0 aliphatic carbocycles. The lowest BCUT2D eigenvalue weighted by molar-refractivity contribution is 0.0660. The molecule has 0 fully saturated rings. The highest BCUT2D eigenvalue weighted by Gasteiger charge is 2.28. The van der Waals surface area contributed by atoms with Crippen molar-refractivity contribution in [2.24, 2.45) is 10.2 Å². The van der Waals surface area contributed by atoms with E-state index in [0.717, 1.165) is 48.3 Å². The molecule has 2 heterocycles. The van der Waals surface area contributed by atoms with Crippen LogP contribution in [0, 0.1) is 0 Å². The Bertz CT molecular complexity index is 797. The second kappa shape index (κ2) is 9.13. The van der Waals surface area contributed by atoms with Crippen molar-refractivity contribution in [1.82, 2.24) is 15.0 Å². The van der Waals surface area contributed by atoms with Gasteiger partial charge in [-0.25, -0.2) is 19.2 Å². The van der Waals surface area contributed by atoms with E-state index in [1.807, 2.05) is 18.3 Å². The van der Waals surface area contributed by atoms with Crippen LogP contribution in [0.25, 0.3) is 0 Å². The number of aromatic nitrogens is 3.